The zero-order chi connectivity index (χ0) is 13.7. The van der Waals surface area contributed by atoms with Crippen LogP contribution in [0.2, 0.25) is 5.02 Å². The molecule has 0 heterocycles. The Bertz CT molecular complexity index is 520. The normalized spacial score (nSPS) is 15.6. The fourth-order valence-electron chi connectivity index (χ4n) is 2.19. The molecular formula is C14H14ClNO2S. The van der Waals surface area contributed by atoms with Gasteiger partial charge < -0.3 is 4.74 Å². The van der Waals surface area contributed by atoms with Crippen molar-refractivity contribution in [1.29, 1.82) is 0 Å². The highest BCUT2D eigenvalue weighted by molar-refractivity contribution is 7.80. The largest absolute Gasteiger partial charge is 0.480 e. The second-order valence-electron chi connectivity index (χ2n) is 4.53. The van der Waals surface area contributed by atoms with Gasteiger partial charge in [0.25, 0.3) is 0 Å². The van der Waals surface area contributed by atoms with E-state index in [1.54, 1.807) is 18.2 Å². The van der Waals surface area contributed by atoms with Crippen molar-refractivity contribution in [1.82, 2.24) is 0 Å². The Hall–Kier alpha value is -1.22. The lowest BCUT2D eigenvalue weighted by Crippen LogP contribution is -2.20. The van der Waals surface area contributed by atoms with Crippen molar-refractivity contribution in [2.75, 3.05) is 0 Å². The highest BCUT2D eigenvalue weighted by Crippen LogP contribution is 2.26. The number of isocyanates is 1. The second-order valence-corrected chi connectivity index (χ2v) is 5.31. The maximum Gasteiger partial charge on any atom is 0.240 e. The zero-order valence-corrected chi connectivity index (χ0v) is 12.0. The molecule has 0 spiro atoms. The van der Waals surface area contributed by atoms with Crippen molar-refractivity contribution < 1.29 is 9.53 Å². The molecule has 0 aliphatic heterocycles. The van der Waals surface area contributed by atoms with Gasteiger partial charge in [0, 0.05) is 5.56 Å². The highest BCUT2D eigenvalue weighted by Gasteiger charge is 2.18. The minimum atomic E-state index is 0.199. The molecule has 3 nitrogen and oxygen atoms in total. The first-order chi connectivity index (χ1) is 9.20. The Balaban J connectivity index is 2.08. The molecule has 0 unspecified atom stereocenters. The maximum atomic E-state index is 10.2. The molecule has 0 aromatic heterocycles. The van der Waals surface area contributed by atoms with Crippen LogP contribution >= 0.6 is 23.8 Å². The molecule has 1 aliphatic rings. The summed E-state index contributed by atoms with van der Waals surface area (Å²) >= 11 is 11.4. The number of halogens is 1. The van der Waals surface area contributed by atoms with Crippen LogP contribution in [-0.2, 0) is 9.53 Å². The number of ether oxygens (including phenoxy) is 1. The summed E-state index contributed by atoms with van der Waals surface area (Å²) < 4.78 is 5.80. The minimum Gasteiger partial charge on any atom is -0.480 e. The van der Waals surface area contributed by atoms with Crippen LogP contribution in [0.3, 0.4) is 0 Å². The number of hydrogen-bond donors (Lipinski definition) is 0. The molecule has 0 N–H and O–H groups in total. The van der Waals surface area contributed by atoms with E-state index in [0.29, 0.717) is 21.3 Å². The van der Waals surface area contributed by atoms with Gasteiger partial charge in [0.2, 0.25) is 6.08 Å². The molecule has 0 amide bonds. The summed E-state index contributed by atoms with van der Waals surface area (Å²) in [4.78, 5) is 13.7. The molecule has 2 rings (SSSR count). The number of rotatable bonds is 3. The number of carbonyl (C=O) groups excluding carboxylic acids is 1. The Morgan fingerprint density at radius 1 is 1.37 bits per heavy atom. The molecule has 0 saturated heterocycles. The summed E-state index contributed by atoms with van der Waals surface area (Å²) in [5.41, 5.74) is 1.14. The van der Waals surface area contributed by atoms with Crippen LogP contribution < -0.4 is 0 Å². The smallest absolute Gasteiger partial charge is 0.240 e. The van der Waals surface area contributed by atoms with Crippen LogP contribution in [0.5, 0.6) is 0 Å². The molecule has 19 heavy (non-hydrogen) atoms. The topological polar surface area (TPSA) is 38.7 Å². The summed E-state index contributed by atoms with van der Waals surface area (Å²) in [6, 6.07) is 4.98. The third-order valence-electron chi connectivity index (χ3n) is 3.17. The first-order valence-electron chi connectivity index (χ1n) is 6.29. The molecule has 100 valence electrons. The monoisotopic (exact) mass is 295 g/mol. The average Bonchev–Trinajstić information content (AvgIpc) is 2.40. The van der Waals surface area contributed by atoms with Gasteiger partial charge in [0.1, 0.15) is 0 Å². The first-order valence-corrected chi connectivity index (χ1v) is 7.08. The van der Waals surface area contributed by atoms with Crippen LogP contribution in [-0.4, -0.2) is 17.2 Å². The number of aliphatic imine (C=N–C) groups is 1. The van der Waals surface area contributed by atoms with Gasteiger partial charge in [-0.05, 0) is 56.1 Å². The van der Waals surface area contributed by atoms with Crippen molar-refractivity contribution >= 4 is 40.6 Å². The highest BCUT2D eigenvalue weighted by atomic mass is 35.5. The molecule has 1 aromatic carbocycles. The average molecular weight is 296 g/mol. The molecule has 0 atom stereocenters. The van der Waals surface area contributed by atoms with Gasteiger partial charge in [-0.2, -0.15) is 4.99 Å². The van der Waals surface area contributed by atoms with E-state index in [9.17, 15) is 4.79 Å². The van der Waals surface area contributed by atoms with Crippen LogP contribution in [0.4, 0.5) is 5.69 Å². The number of thiocarbonyl (C=S) groups is 1. The van der Waals surface area contributed by atoms with E-state index >= 15 is 0 Å². The van der Waals surface area contributed by atoms with E-state index in [4.69, 9.17) is 28.6 Å². The molecule has 1 aromatic rings. The van der Waals surface area contributed by atoms with Gasteiger partial charge in [-0.1, -0.05) is 18.0 Å². The Morgan fingerprint density at radius 2 is 2.11 bits per heavy atom. The van der Waals surface area contributed by atoms with Crippen molar-refractivity contribution in [2.24, 2.45) is 4.99 Å². The quantitative estimate of drug-likeness (QED) is 0.473. The molecule has 0 bridgehead atoms. The van der Waals surface area contributed by atoms with E-state index < -0.39 is 0 Å². The van der Waals surface area contributed by atoms with Crippen molar-refractivity contribution in [3.63, 3.8) is 0 Å². The molecular weight excluding hydrogens is 282 g/mol. The first kappa shape index (κ1) is 14.2. The van der Waals surface area contributed by atoms with Gasteiger partial charge in [-0.25, -0.2) is 4.79 Å². The lowest BCUT2D eigenvalue weighted by molar-refractivity contribution is 0.148. The van der Waals surface area contributed by atoms with Crippen molar-refractivity contribution in [3.8, 4) is 0 Å². The third kappa shape index (κ3) is 3.87. The van der Waals surface area contributed by atoms with Crippen molar-refractivity contribution in [3.05, 3.63) is 28.8 Å². The fourth-order valence-corrected chi connectivity index (χ4v) is 2.82. The third-order valence-corrected chi connectivity index (χ3v) is 3.80. The summed E-state index contributed by atoms with van der Waals surface area (Å²) in [5.74, 6) is 0. The van der Waals surface area contributed by atoms with Crippen LogP contribution in [0, 0.1) is 0 Å². The maximum absolute atomic E-state index is 10.2. The predicted molar refractivity (Wildman–Crippen MR) is 78.9 cm³/mol. The molecule has 1 saturated carbocycles. The van der Waals surface area contributed by atoms with E-state index in [1.807, 2.05) is 0 Å². The lowest BCUT2D eigenvalue weighted by Gasteiger charge is -2.23. The van der Waals surface area contributed by atoms with E-state index in [1.165, 1.54) is 25.3 Å². The number of benzene rings is 1. The van der Waals surface area contributed by atoms with Gasteiger partial charge in [-0.3, -0.25) is 0 Å². The summed E-state index contributed by atoms with van der Waals surface area (Å²) in [5, 5.41) is 0.857. The molecule has 0 radical (unpaired) electrons. The Kier molecular flexibility index (Phi) is 5.08. The lowest BCUT2D eigenvalue weighted by atomic mass is 9.98. The predicted octanol–water partition coefficient (Wildman–Crippen LogP) is 4.33. The van der Waals surface area contributed by atoms with Gasteiger partial charge >= 0.3 is 0 Å². The summed E-state index contributed by atoms with van der Waals surface area (Å²) in [6.45, 7) is 0. The summed E-state index contributed by atoms with van der Waals surface area (Å²) in [7, 11) is 0. The summed E-state index contributed by atoms with van der Waals surface area (Å²) in [6.07, 6.45) is 7.42. The molecule has 1 fully saturated rings. The second kappa shape index (κ2) is 6.80. The van der Waals surface area contributed by atoms with Gasteiger partial charge in [-0.15, -0.1) is 0 Å². The SMILES string of the molecule is O=C=Nc1ccc(C(=S)OC2CCCCC2)c(Cl)c1. The van der Waals surface area contributed by atoms with Crippen LogP contribution in [0.1, 0.15) is 37.7 Å². The van der Waals surface area contributed by atoms with E-state index in [0.717, 1.165) is 12.8 Å². The zero-order valence-electron chi connectivity index (χ0n) is 10.4. The van der Waals surface area contributed by atoms with Gasteiger partial charge in [0.15, 0.2) is 5.05 Å². The fraction of sp³-hybridized carbons (Fsp3) is 0.429. The van der Waals surface area contributed by atoms with Crippen LogP contribution in [0.15, 0.2) is 23.2 Å². The van der Waals surface area contributed by atoms with E-state index in [-0.39, 0.29) is 6.10 Å². The van der Waals surface area contributed by atoms with Crippen LogP contribution in [0.25, 0.3) is 0 Å². The number of nitrogens with zero attached hydrogens (tertiary/aromatic N) is 1. The van der Waals surface area contributed by atoms with Gasteiger partial charge in [0.05, 0.1) is 16.8 Å². The Labute approximate surface area is 122 Å². The minimum absolute atomic E-state index is 0.199. The Morgan fingerprint density at radius 3 is 2.74 bits per heavy atom. The number of hydrogen-bond acceptors (Lipinski definition) is 4. The van der Waals surface area contributed by atoms with Crippen molar-refractivity contribution in [2.45, 2.75) is 38.2 Å². The van der Waals surface area contributed by atoms with E-state index in [2.05, 4.69) is 4.99 Å². The molecule has 5 heteroatoms. The standard InChI is InChI=1S/C14H14ClNO2S/c15-13-8-10(16-9-17)6-7-12(13)14(19)18-11-4-2-1-3-5-11/h6-8,11H,1-5H2. The molecule has 1 aliphatic carbocycles.